The van der Waals surface area contributed by atoms with Crippen molar-refractivity contribution >= 4 is 10.0 Å². The topological polar surface area (TPSA) is 37.4 Å². The molecular weight excluding hydrogens is 330 g/mol. The Labute approximate surface area is 151 Å². The van der Waals surface area contributed by atoms with E-state index in [0.29, 0.717) is 23.9 Å². The molecule has 4 heteroatoms. The third-order valence-corrected chi connectivity index (χ3v) is 7.26. The zero-order valence-corrected chi connectivity index (χ0v) is 15.9. The smallest absolute Gasteiger partial charge is 0.207 e. The molecule has 1 heterocycles. The molecule has 3 nitrogen and oxygen atoms in total. The molecule has 0 aliphatic carbocycles. The Balaban J connectivity index is 1.60. The summed E-state index contributed by atoms with van der Waals surface area (Å²) in [5, 5.41) is 0. The van der Waals surface area contributed by atoms with Gasteiger partial charge in [0.25, 0.3) is 0 Å². The Bertz CT molecular complexity index is 807. The van der Waals surface area contributed by atoms with Gasteiger partial charge in [0.2, 0.25) is 10.0 Å². The maximum absolute atomic E-state index is 13.0. The molecule has 0 radical (unpaired) electrons. The summed E-state index contributed by atoms with van der Waals surface area (Å²) in [5.74, 6) is 0.616. The van der Waals surface area contributed by atoms with E-state index in [1.807, 2.05) is 32.0 Å². The molecule has 0 N–H and O–H groups in total. The van der Waals surface area contributed by atoms with Crippen LogP contribution in [-0.2, 0) is 16.4 Å². The monoisotopic (exact) mass is 357 g/mol. The van der Waals surface area contributed by atoms with Crippen LogP contribution in [0.2, 0.25) is 0 Å². The SMILES string of the molecule is Cc1ccc(C)c(S(=O)(=O)N2CCC(CCc3ccccc3)CC2)c1. The molecule has 1 aliphatic rings. The molecule has 1 aliphatic heterocycles. The van der Waals surface area contributed by atoms with E-state index in [9.17, 15) is 8.42 Å². The summed E-state index contributed by atoms with van der Waals surface area (Å²) in [5.41, 5.74) is 3.19. The zero-order valence-electron chi connectivity index (χ0n) is 15.1. The summed E-state index contributed by atoms with van der Waals surface area (Å²) >= 11 is 0. The molecule has 134 valence electrons. The quantitative estimate of drug-likeness (QED) is 0.798. The van der Waals surface area contributed by atoms with Crippen molar-refractivity contribution in [3.05, 3.63) is 65.2 Å². The van der Waals surface area contributed by atoms with Crippen molar-refractivity contribution in [3.63, 3.8) is 0 Å². The fraction of sp³-hybridized carbons (Fsp3) is 0.429. The van der Waals surface area contributed by atoms with Crippen LogP contribution in [-0.4, -0.2) is 25.8 Å². The molecule has 0 amide bonds. The van der Waals surface area contributed by atoms with Crippen LogP contribution in [0, 0.1) is 19.8 Å². The number of rotatable bonds is 5. The third kappa shape index (κ3) is 4.31. The maximum Gasteiger partial charge on any atom is 0.243 e. The predicted molar refractivity (Wildman–Crippen MR) is 102 cm³/mol. The Morgan fingerprint density at radius 3 is 2.36 bits per heavy atom. The second-order valence-corrected chi connectivity index (χ2v) is 9.05. The van der Waals surface area contributed by atoms with E-state index in [-0.39, 0.29) is 0 Å². The van der Waals surface area contributed by atoms with Crippen LogP contribution in [0.1, 0.15) is 36.0 Å². The van der Waals surface area contributed by atoms with E-state index in [0.717, 1.165) is 36.8 Å². The summed E-state index contributed by atoms with van der Waals surface area (Å²) in [6.07, 6.45) is 4.13. The maximum atomic E-state index is 13.0. The molecule has 0 aromatic heterocycles. The normalized spacial score (nSPS) is 16.9. The molecule has 1 fully saturated rings. The average Bonchev–Trinajstić information content (AvgIpc) is 2.63. The molecule has 1 saturated heterocycles. The summed E-state index contributed by atoms with van der Waals surface area (Å²) in [6.45, 7) is 5.08. The van der Waals surface area contributed by atoms with Crippen molar-refractivity contribution in [3.8, 4) is 0 Å². The first-order valence-corrected chi connectivity index (χ1v) is 10.5. The first-order chi connectivity index (χ1) is 12.0. The van der Waals surface area contributed by atoms with E-state index in [2.05, 4.69) is 24.3 Å². The van der Waals surface area contributed by atoms with E-state index in [4.69, 9.17) is 0 Å². The van der Waals surface area contributed by atoms with Crippen molar-refractivity contribution in [2.45, 2.75) is 44.4 Å². The Morgan fingerprint density at radius 2 is 1.68 bits per heavy atom. The number of sulfonamides is 1. The van der Waals surface area contributed by atoms with Gasteiger partial charge in [-0.2, -0.15) is 4.31 Å². The van der Waals surface area contributed by atoms with Crippen molar-refractivity contribution in [1.29, 1.82) is 0 Å². The van der Waals surface area contributed by atoms with Crippen molar-refractivity contribution in [2.75, 3.05) is 13.1 Å². The molecule has 3 rings (SSSR count). The molecule has 0 unspecified atom stereocenters. The van der Waals surface area contributed by atoms with Crippen LogP contribution >= 0.6 is 0 Å². The molecular formula is C21H27NO2S. The lowest BCUT2D eigenvalue weighted by molar-refractivity contribution is 0.263. The highest BCUT2D eigenvalue weighted by Crippen LogP contribution is 2.28. The van der Waals surface area contributed by atoms with Crippen LogP contribution in [0.3, 0.4) is 0 Å². The largest absolute Gasteiger partial charge is 0.243 e. The molecule has 25 heavy (non-hydrogen) atoms. The van der Waals surface area contributed by atoms with Crippen molar-refractivity contribution in [1.82, 2.24) is 4.31 Å². The number of nitrogens with zero attached hydrogens (tertiary/aromatic N) is 1. The van der Waals surface area contributed by atoms with Gasteiger partial charge in [0.05, 0.1) is 4.90 Å². The van der Waals surface area contributed by atoms with E-state index >= 15 is 0 Å². The van der Waals surface area contributed by atoms with Gasteiger partial charge in [-0.3, -0.25) is 0 Å². The van der Waals surface area contributed by atoms with E-state index < -0.39 is 10.0 Å². The second-order valence-electron chi connectivity index (χ2n) is 7.14. The summed E-state index contributed by atoms with van der Waals surface area (Å²) in [7, 11) is -3.37. The van der Waals surface area contributed by atoms with Gasteiger partial charge in [-0.15, -0.1) is 0 Å². The number of hydrogen-bond acceptors (Lipinski definition) is 2. The number of aryl methyl sites for hydroxylation is 3. The Morgan fingerprint density at radius 1 is 1.00 bits per heavy atom. The van der Waals surface area contributed by atoms with Gasteiger partial charge in [-0.25, -0.2) is 8.42 Å². The van der Waals surface area contributed by atoms with Gasteiger partial charge >= 0.3 is 0 Å². The molecule has 2 aromatic carbocycles. The predicted octanol–water partition coefficient (Wildman–Crippen LogP) is 4.34. The minimum atomic E-state index is -3.37. The number of benzene rings is 2. The molecule has 0 bridgehead atoms. The van der Waals surface area contributed by atoms with Crippen LogP contribution in [0.25, 0.3) is 0 Å². The molecule has 0 saturated carbocycles. The van der Waals surface area contributed by atoms with Gasteiger partial charge in [0.1, 0.15) is 0 Å². The van der Waals surface area contributed by atoms with Crippen LogP contribution in [0.15, 0.2) is 53.4 Å². The zero-order chi connectivity index (χ0) is 17.9. The van der Waals surface area contributed by atoms with Gasteiger partial charge < -0.3 is 0 Å². The van der Waals surface area contributed by atoms with Gasteiger partial charge in [-0.1, -0.05) is 42.5 Å². The number of piperidine rings is 1. The molecule has 0 atom stereocenters. The molecule has 2 aromatic rings. The lowest BCUT2D eigenvalue weighted by Gasteiger charge is -2.31. The third-order valence-electron chi connectivity index (χ3n) is 5.22. The van der Waals surface area contributed by atoms with Crippen LogP contribution in [0.5, 0.6) is 0 Å². The second kappa shape index (κ2) is 7.71. The van der Waals surface area contributed by atoms with Crippen molar-refractivity contribution in [2.24, 2.45) is 5.92 Å². The van der Waals surface area contributed by atoms with Crippen LogP contribution in [0.4, 0.5) is 0 Å². The summed E-state index contributed by atoms with van der Waals surface area (Å²) < 4.78 is 27.6. The van der Waals surface area contributed by atoms with Crippen molar-refractivity contribution < 1.29 is 8.42 Å². The van der Waals surface area contributed by atoms with E-state index in [1.54, 1.807) is 10.4 Å². The van der Waals surface area contributed by atoms with E-state index in [1.165, 1.54) is 5.56 Å². The number of hydrogen-bond donors (Lipinski definition) is 0. The Hall–Kier alpha value is -1.65. The van der Waals surface area contributed by atoms with Crippen LogP contribution < -0.4 is 0 Å². The summed E-state index contributed by atoms with van der Waals surface area (Å²) in [6, 6.07) is 16.2. The highest BCUT2D eigenvalue weighted by Gasteiger charge is 2.30. The lowest BCUT2D eigenvalue weighted by atomic mass is 9.91. The lowest BCUT2D eigenvalue weighted by Crippen LogP contribution is -2.38. The van der Waals surface area contributed by atoms with Gasteiger partial charge in [0, 0.05) is 13.1 Å². The average molecular weight is 358 g/mol. The highest BCUT2D eigenvalue weighted by atomic mass is 32.2. The first-order valence-electron chi connectivity index (χ1n) is 9.08. The minimum absolute atomic E-state index is 0.468. The fourth-order valence-corrected chi connectivity index (χ4v) is 5.36. The summed E-state index contributed by atoms with van der Waals surface area (Å²) in [4.78, 5) is 0.468. The molecule has 0 spiro atoms. The standard InChI is InChI=1S/C21H27NO2S/c1-17-8-9-18(2)21(16-17)25(23,24)22-14-12-20(13-15-22)11-10-19-6-4-3-5-7-19/h3-9,16,20H,10-15H2,1-2H3. The Kier molecular flexibility index (Phi) is 5.60. The fourth-order valence-electron chi connectivity index (χ4n) is 3.58. The van der Waals surface area contributed by atoms with Gasteiger partial charge in [-0.05, 0) is 68.2 Å². The minimum Gasteiger partial charge on any atom is -0.207 e. The first kappa shape index (κ1) is 18.2. The van der Waals surface area contributed by atoms with Gasteiger partial charge in [0.15, 0.2) is 0 Å². The highest BCUT2D eigenvalue weighted by molar-refractivity contribution is 7.89.